The summed E-state index contributed by atoms with van der Waals surface area (Å²) in [6.45, 7) is 0.227. The van der Waals surface area contributed by atoms with Crippen LogP contribution in [0.4, 0.5) is 6.01 Å². The van der Waals surface area contributed by atoms with E-state index in [1.165, 1.54) is 7.11 Å². The lowest BCUT2D eigenvalue weighted by Crippen LogP contribution is -2.21. The smallest absolute Gasteiger partial charge is 0.322 e. The van der Waals surface area contributed by atoms with E-state index in [1.807, 2.05) is 48.5 Å². The number of benzene rings is 3. The lowest BCUT2D eigenvalue weighted by Gasteiger charge is -2.23. The Morgan fingerprint density at radius 2 is 1.77 bits per heavy atom. The van der Waals surface area contributed by atoms with Crippen LogP contribution in [-0.4, -0.2) is 29.8 Å². The fourth-order valence-electron chi connectivity index (χ4n) is 3.29. The third kappa shape index (κ3) is 3.28. The number of fused-ring (bicyclic) bond motifs is 2. The van der Waals surface area contributed by atoms with E-state index in [1.54, 1.807) is 12.1 Å². The third-order valence-electron chi connectivity index (χ3n) is 4.76. The number of anilines is 1. The van der Waals surface area contributed by atoms with Crippen molar-refractivity contribution in [2.24, 2.45) is 0 Å². The summed E-state index contributed by atoms with van der Waals surface area (Å²) in [7, 11) is 1.52. The SMILES string of the molecule is COc1cc2ccccc2cc1C(=O)Nc1nnc([C@H]2COc3ccccc3O2)o1. The summed E-state index contributed by atoms with van der Waals surface area (Å²) in [6, 6.07) is 18.6. The third-order valence-corrected chi connectivity index (χ3v) is 4.76. The van der Waals surface area contributed by atoms with Gasteiger partial charge in [0.15, 0.2) is 11.5 Å². The zero-order chi connectivity index (χ0) is 20.5. The average Bonchev–Trinajstić information content (AvgIpc) is 3.26. The average molecular weight is 403 g/mol. The zero-order valence-electron chi connectivity index (χ0n) is 16.0. The molecule has 30 heavy (non-hydrogen) atoms. The Balaban J connectivity index is 1.36. The van der Waals surface area contributed by atoms with Gasteiger partial charge >= 0.3 is 6.01 Å². The van der Waals surface area contributed by atoms with Crippen LogP contribution < -0.4 is 19.5 Å². The second kappa shape index (κ2) is 7.40. The maximum atomic E-state index is 12.8. The maximum absolute atomic E-state index is 12.8. The molecule has 0 saturated heterocycles. The van der Waals surface area contributed by atoms with Crippen LogP contribution >= 0.6 is 0 Å². The van der Waals surface area contributed by atoms with Crippen molar-refractivity contribution in [2.45, 2.75) is 6.10 Å². The quantitative estimate of drug-likeness (QED) is 0.550. The summed E-state index contributed by atoms with van der Waals surface area (Å²) < 4.78 is 22.5. The molecular formula is C22H17N3O5. The number of rotatable bonds is 4. The molecule has 0 aliphatic carbocycles. The number of nitrogens with zero attached hydrogens (tertiary/aromatic N) is 2. The van der Waals surface area contributed by atoms with E-state index in [-0.39, 0.29) is 18.5 Å². The van der Waals surface area contributed by atoms with Gasteiger partial charge in [-0.1, -0.05) is 41.5 Å². The number of hydrogen-bond acceptors (Lipinski definition) is 7. The van der Waals surface area contributed by atoms with Gasteiger partial charge in [-0.2, -0.15) is 0 Å². The number of aromatic nitrogens is 2. The second-order valence-electron chi connectivity index (χ2n) is 6.66. The Kier molecular flexibility index (Phi) is 4.44. The van der Waals surface area contributed by atoms with Crippen molar-refractivity contribution in [1.29, 1.82) is 0 Å². The van der Waals surface area contributed by atoms with Crippen LogP contribution in [0.5, 0.6) is 17.2 Å². The molecule has 1 aliphatic heterocycles. The Morgan fingerprint density at radius 1 is 1.03 bits per heavy atom. The summed E-state index contributed by atoms with van der Waals surface area (Å²) >= 11 is 0. The van der Waals surface area contributed by atoms with E-state index in [9.17, 15) is 4.79 Å². The lowest BCUT2D eigenvalue weighted by molar-refractivity contribution is 0.0716. The molecule has 0 fully saturated rings. The van der Waals surface area contributed by atoms with E-state index < -0.39 is 12.0 Å². The number of carbonyl (C=O) groups is 1. The standard InChI is InChI=1S/C22H17N3O5/c1-27-18-11-14-7-3-2-6-13(14)10-15(18)20(26)23-22-25-24-21(30-22)19-12-28-16-8-4-5-9-17(16)29-19/h2-11,19H,12H2,1H3,(H,23,25,26)/t19-/m1/s1. The molecule has 150 valence electrons. The zero-order valence-corrected chi connectivity index (χ0v) is 16.0. The highest BCUT2D eigenvalue weighted by atomic mass is 16.6. The number of ether oxygens (including phenoxy) is 3. The van der Waals surface area contributed by atoms with Crippen LogP contribution in [0, 0.1) is 0 Å². The van der Waals surface area contributed by atoms with Gasteiger partial charge in [0, 0.05) is 0 Å². The number of nitrogens with one attached hydrogen (secondary N) is 1. The van der Waals surface area contributed by atoms with Crippen molar-refractivity contribution in [3.63, 3.8) is 0 Å². The Bertz CT molecular complexity index is 1240. The molecule has 5 rings (SSSR count). The Labute approximate surface area is 171 Å². The van der Waals surface area contributed by atoms with Gasteiger partial charge in [0.1, 0.15) is 12.4 Å². The fourth-order valence-corrected chi connectivity index (χ4v) is 3.29. The largest absolute Gasteiger partial charge is 0.496 e. The Hall–Kier alpha value is -4.07. The topological polar surface area (TPSA) is 95.7 Å². The molecule has 1 amide bonds. The van der Waals surface area contributed by atoms with E-state index in [0.29, 0.717) is 22.8 Å². The molecule has 0 radical (unpaired) electrons. The van der Waals surface area contributed by atoms with Gasteiger partial charge in [0.2, 0.25) is 6.10 Å². The van der Waals surface area contributed by atoms with Crippen molar-refractivity contribution in [1.82, 2.24) is 10.2 Å². The molecule has 8 nitrogen and oxygen atoms in total. The summed E-state index contributed by atoms with van der Waals surface area (Å²) in [5, 5.41) is 12.4. The molecule has 4 aromatic rings. The minimum absolute atomic E-state index is 0.0346. The molecule has 0 spiro atoms. The van der Waals surface area contributed by atoms with Gasteiger partial charge in [-0.15, -0.1) is 5.10 Å². The van der Waals surface area contributed by atoms with Crippen molar-refractivity contribution < 1.29 is 23.4 Å². The van der Waals surface area contributed by atoms with Crippen LogP contribution in [0.3, 0.4) is 0 Å². The molecule has 3 aromatic carbocycles. The van der Waals surface area contributed by atoms with Gasteiger partial charge < -0.3 is 18.6 Å². The van der Waals surface area contributed by atoms with Crippen molar-refractivity contribution in [3.8, 4) is 17.2 Å². The second-order valence-corrected chi connectivity index (χ2v) is 6.66. The molecule has 1 aromatic heterocycles. The van der Waals surface area contributed by atoms with Crippen LogP contribution in [0.2, 0.25) is 0 Å². The van der Waals surface area contributed by atoms with E-state index >= 15 is 0 Å². The van der Waals surface area contributed by atoms with Crippen LogP contribution in [0.25, 0.3) is 10.8 Å². The summed E-state index contributed by atoms with van der Waals surface area (Å²) in [6.07, 6.45) is -0.562. The fraction of sp³-hybridized carbons (Fsp3) is 0.136. The van der Waals surface area contributed by atoms with Crippen LogP contribution in [0.15, 0.2) is 65.1 Å². The van der Waals surface area contributed by atoms with Gasteiger partial charge in [-0.25, -0.2) is 0 Å². The van der Waals surface area contributed by atoms with E-state index in [2.05, 4.69) is 15.5 Å². The van der Waals surface area contributed by atoms with E-state index in [4.69, 9.17) is 18.6 Å². The normalized spacial score (nSPS) is 15.0. The molecule has 0 unspecified atom stereocenters. The predicted octanol–water partition coefficient (Wildman–Crippen LogP) is 4.00. The summed E-state index contributed by atoms with van der Waals surface area (Å²) in [5.74, 6) is 1.50. The minimum Gasteiger partial charge on any atom is -0.496 e. The highest BCUT2D eigenvalue weighted by Gasteiger charge is 2.28. The molecule has 1 aliphatic rings. The molecular weight excluding hydrogens is 386 g/mol. The highest BCUT2D eigenvalue weighted by Crippen LogP contribution is 2.35. The van der Waals surface area contributed by atoms with Crippen molar-refractivity contribution >= 4 is 22.7 Å². The molecule has 1 atom stereocenters. The first kappa shape index (κ1) is 18.0. The number of para-hydroxylation sites is 2. The lowest BCUT2D eigenvalue weighted by atomic mass is 10.1. The van der Waals surface area contributed by atoms with Gasteiger partial charge in [-0.05, 0) is 35.0 Å². The van der Waals surface area contributed by atoms with Gasteiger partial charge in [0.05, 0.1) is 12.7 Å². The first-order valence-corrected chi connectivity index (χ1v) is 9.31. The van der Waals surface area contributed by atoms with Crippen molar-refractivity contribution in [3.05, 3.63) is 72.1 Å². The monoisotopic (exact) mass is 403 g/mol. The van der Waals surface area contributed by atoms with Crippen LogP contribution in [0.1, 0.15) is 22.4 Å². The number of carbonyl (C=O) groups excluding carboxylic acids is 1. The van der Waals surface area contributed by atoms with Crippen molar-refractivity contribution in [2.75, 3.05) is 19.0 Å². The van der Waals surface area contributed by atoms with Crippen LogP contribution in [-0.2, 0) is 0 Å². The highest BCUT2D eigenvalue weighted by molar-refractivity contribution is 6.07. The molecule has 8 heteroatoms. The molecule has 0 saturated carbocycles. The number of methoxy groups -OCH3 is 1. The van der Waals surface area contributed by atoms with Gasteiger partial charge in [0.25, 0.3) is 11.8 Å². The number of hydrogen-bond donors (Lipinski definition) is 1. The summed E-state index contributed by atoms with van der Waals surface area (Å²) in [5.41, 5.74) is 0.363. The maximum Gasteiger partial charge on any atom is 0.322 e. The molecule has 2 heterocycles. The first-order chi connectivity index (χ1) is 14.7. The number of amides is 1. The predicted molar refractivity (Wildman–Crippen MR) is 108 cm³/mol. The first-order valence-electron chi connectivity index (χ1n) is 9.31. The van der Waals surface area contributed by atoms with Gasteiger partial charge in [-0.3, -0.25) is 10.1 Å². The minimum atomic E-state index is -0.562. The van der Waals surface area contributed by atoms with E-state index in [0.717, 1.165) is 10.8 Å². The Morgan fingerprint density at radius 3 is 2.57 bits per heavy atom. The molecule has 1 N–H and O–H groups in total. The summed E-state index contributed by atoms with van der Waals surface area (Å²) in [4.78, 5) is 12.8. The molecule has 0 bridgehead atoms.